The molecule has 30 heavy (non-hydrogen) atoms. The van der Waals surface area contributed by atoms with Crippen LogP contribution in [0, 0.1) is 0 Å². The fourth-order valence-corrected chi connectivity index (χ4v) is 3.07. The predicted octanol–water partition coefficient (Wildman–Crippen LogP) is -0.0645. The van der Waals surface area contributed by atoms with Crippen molar-refractivity contribution in [3.05, 3.63) is 0 Å². The van der Waals surface area contributed by atoms with Crippen LogP contribution in [0.4, 0.5) is 0 Å². The Labute approximate surface area is 182 Å². The maximum Gasteiger partial charge on any atom is 0.222 e. The van der Waals surface area contributed by atoms with E-state index in [1.807, 2.05) is 0 Å². The minimum absolute atomic E-state index is 0.0442. The number of nitrogens with zero attached hydrogens (tertiary/aromatic N) is 2. The summed E-state index contributed by atoms with van der Waals surface area (Å²) in [7, 11) is 0. The van der Waals surface area contributed by atoms with Gasteiger partial charge in [0.05, 0.1) is 52.9 Å². The van der Waals surface area contributed by atoms with E-state index >= 15 is 0 Å². The summed E-state index contributed by atoms with van der Waals surface area (Å²) >= 11 is 0. The van der Waals surface area contributed by atoms with Gasteiger partial charge in [-0.05, 0) is 13.0 Å². The molecule has 0 aliphatic carbocycles. The molecule has 0 aromatic rings. The molecule has 1 amide bonds. The molecule has 0 spiro atoms. The van der Waals surface area contributed by atoms with Gasteiger partial charge in [0, 0.05) is 52.2 Å². The van der Waals surface area contributed by atoms with Crippen LogP contribution in [-0.2, 0) is 23.7 Å². The average molecular weight is 433 g/mol. The topological polar surface area (TPSA) is 98.5 Å². The summed E-state index contributed by atoms with van der Waals surface area (Å²) in [6.45, 7) is 14.2. The molecule has 178 valence electrons. The zero-order chi connectivity index (χ0) is 21.7. The molecule has 3 N–H and O–H groups in total. The first-order valence-corrected chi connectivity index (χ1v) is 11.5. The third-order valence-corrected chi connectivity index (χ3v) is 4.89. The van der Waals surface area contributed by atoms with Gasteiger partial charge in [0.2, 0.25) is 5.91 Å². The van der Waals surface area contributed by atoms with Crippen molar-refractivity contribution in [2.24, 2.45) is 5.73 Å². The van der Waals surface area contributed by atoms with Crippen molar-refractivity contribution in [2.45, 2.75) is 26.2 Å². The van der Waals surface area contributed by atoms with Gasteiger partial charge >= 0.3 is 0 Å². The summed E-state index contributed by atoms with van der Waals surface area (Å²) in [5, 5.41) is 2.98. The number of hydrogen-bond donors (Lipinski definition) is 2. The number of piperazine rings is 1. The van der Waals surface area contributed by atoms with Crippen molar-refractivity contribution in [3.63, 3.8) is 0 Å². The Balaban J connectivity index is 1.80. The molecule has 0 unspecified atom stereocenters. The standard InChI is InChI=1S/C21H44N4O5/c1-2-3-7-24-9-11-25(12-10-24)8-6-23-21(26)4-13-27-15-17-29-19-20-30-18-16-28-14-5-22/h2-20,22H2,1H3,(H,23,26). The molecule has 1 fully saturated rings. The summed E-state index contributed by atoms with van der Waals surface area (Å²) in [6, 6.07) is 0. The molecule has 1 rings (SSSR count). The van der Waals surface area contributed by atoms with Gasteiger partial charge in [-0.3, -0.25) is 9.69 Å². The molecule has 0 radical (unpaired) electrons. The predicted molar refractivity (Wildman–Crippen MR) is 118 cm³/mol. The highest BCUT2D eigenvalue weighted by Crippen LogP contribution is 2.02. The third kappa shape index (κ3) is 16.0. The summed E-state index contributed by atoms with van der Waals surface area (Å²) < 4.78 is 21.4. The molecule has 1 aliphatic rings. The molecule has 9 nitrogen and oxygen atoms in total. The first-order valence-electron chi connectivity index (χ1n) is 11.5. The quantitative estimate of drug-likeness (QED) is 0.258. The van der Waals surface area contributed by atoms with E-state index in [-0.39, 0.29) is 5.91 Å². The molecule has 1 heterocycles. The first-order chi connectivity index (χ1) is 14.8. The second kappa shape index (κ2) is 20.1. The number of hydrogen-bond acceptors (Lipinski definition) is 8. The lowest BCUT2D eigenvalue weighted by Gasteiger charge is -2.34. The molecule has 0 aromatic carbocycles. The van der Waals surface area contributed by atoms with E-state index in [4.69, 9.17) is 24.7 Å². The molecule has 1 aliphatic heterocycles. The average Bonchev–Trinajstić information content (AvgIpc) is 2.76. The lowest BCUT2D eigenvalue weighted by Crippen LogP contribution is -2.48. The number of unbranched alkanes of at least 4 members (excludes halogenated alkanes) is 1. The van der Waals surface area contributed by atoms with E-state index in [9.17, 15) is 4.79 Å². The van der Waals surface area contributed by atoms with Crippen LogP contribution in [0.25, 0.3) is 0 Å². The van der Waals surface area contributed by atoms with Crippen LogP contribution in [-0.4, -0.2) is 121 Å². The van der Waals surface area contributed by atoms with Crippen molar-refractivity contribution in [2.75, 3.05) is 105 Å². The number of nitrogens with one attached hydrogen (secondary N) is 1. The number of amides is 1. The first kappa shape index (κ1) is 27.2. The van der Waals surface area contributed by atoms with E-state index in [1.54, 1.807) is 0 Å². The SMILES string of the molecule is CCCCN1CCN(CCNC(=O)CCOCCOCCOCCOCCN)CC1. The molecule has 0 bridgehead atoms. The Bertz CT molecular complexity index is 396. The number of carbonyl (C=O) groups excluding carboxylic acids is 1. The molecular weight excluding hydrogens is 388 g/mol. The summed E-state index contributed by atoms with van der Waals surface area (Å²) in [4.78, 5) is 16.8. The lowest BCUT2D eigenvalue weighted by atomic mass is 10.2. The summed E-state index contributed by atoms with van der Waals surface area (Å²) in [5.41, 5.74) is 5.32. The van der Waals surface area contributed by atoms with Gasteiger partial charge in [0.25, 0.3) is 0 Å². The second-order valence-electron chi connectivity index (χ2n) is 7.37. The van der Waals surface area contributed by atoms with E-state index in [0.717, 1.165) is 32.7 Å². The minimum Gasteiger partial charge on any atom is -0.379 e. The number of nitrogens with two attached hydrogens (primary N) is 1. The van der Waals surface area contributed by atoms with E-state index < -0.39 is 0 Å². The third-order valence-electron chi connectivity index (χ3n) is 4.89. The maximum absolute atomic E-state index is 11.9. The smallest absolute Gasteiger partial charge is 0.222 e. The minimum atomic E-state index is 0.0442. The van der Waals surface area contributed by atoms with Crippen molar-refractivity contribution < 1.29 is 23.7 Å². The molecule has 0 saturated carbocycles. The van der Waals surface area contributed by atoms with Gasteiger partial charge in [-0.25, -0.2) is 0 Å². The van der Waals surface area contributed by atoms with Crippen molar-refractivity contribution >= 4 is 5.91 Å². The molecule has 0 atom stereocenters. The van der Waals surface area contributed by atoms with Crippen molar-refractivity contribution in [3.8, 4) is 0 Å². The van der Waals surface area contributed by atoms with Gasteiger partial charge in [0.1, 0.15) is 0 Å². The number of rotatable bonds is 20. The monoisotopic (exact) mass is 432 g/mol. The fraction of sp³-hybridized carbons (Fsp3) is 0.952. The largest absolute Gasteiger partial charge is 0.379 e. The Morgan fingerprint density at radius 3 is 1.83 bits per heavy atom. The molecule has 0 aromatic heterocycles. The van der Waals surface area contributed by atoms with Gasteiger partial charge in [-0.2, -0.15) is 0 Å². The number of ether oxygens (including phenoxy) is 4. The van der Waals surface area contributed by atoms with Crippen LogP contribution in [0.15, 0.2) is 0 Å². The Kier molecular flexibility index (Phi) is 18.3. The van der Waals surface area contributed by atoms with Crippen LogP contribution in [0.1, 0.15) is 26.2 Å². The molecule has 9 heteroatoms. The van der Waals surface area contributed by atoms with Gasteiger partial charge < -0.3 is 34.9 Å². The highest BCUT2D eigenvalue weighted by molar-refractivity contribution is 5.75. The zero-order valence-electron chi connectivity index (χ0n) is 18.9. The van der Waals surface area contributed by atoms with Crippen molar-refractivity contribution in [1.82, 2.24) is 15.1 Å². The van der Waals surface area contributed by atoms with Gasteiger partial charge in [-0.1, -0.05) is 13.3 Å². The van der Waals surface area contributed by atoms with Crippen LogP contribution in [0.3, 0.4) is 0 Å². The van der Waals surface area contributed by atoms with Gasteiger partial charge in [0.15, 0.2) is 0 Å². The fourth-order valence-electron chi connectivity index (χ4n) is 3.07. The van der Waals surface area contributed by atoms with Gasteiger partial charge in [-0.15, -0.1) is 0 Å². The van der Waals surface area contributed by atoms with Crippen LogP contribution >= 0.6 is 0 Å². The lowest BCUT2D eigenvalue weighted by molar-refractivity contribution is -0.122. The second-order valence-corrected chi connectivity index (χ2v) is 7.37. The maximum atomic E-state index is 11.9. The van der Waals surface area contributed by atoms with E-state index in [1.165, 1.54) is 19.4 Å². The summed E-state index contributed by atoms with van der Waals surface area (Å²) in [6.07, 6.45) is 2.92. The molecular formula is C21H44N4O5. The zero-order valence-corrected chi connectivity index (χ0v) is 18.9. The highest BCUT2D eigenvalue weighted by atomic mass is 16.6. The Morgan fingerprint density at radius 2 is 1.30 bits per heavy atom. The van der Waals surface area contributed by atoms with Crippen LogP contribution < -0.4 is 11.1 Å². The Hall–Kier alpha value is -0.810. The summed E-state index contributed by atoms with van der Waals surface area (Å²) in [5.74, 6) is 0.0442. The van der Waals surface area contributed by atoms with Crippen LogP contribution in [0.2, 0.25) is 0 Å². The van der Waals surface area contributed by atoms with Crippen LogP contribution in [0.5, 0.6) is 0 Å². The molecule has 1 saturated heterocycles. The van der Waals surface area contributed by atoms with E-state index in [2.05, 4.69) is 22.0 Å². The highest BCUT2D eigenvalue weighted by Gasteiger charge is 2.15. The van der Waals surface area contributed by atoms with E-state index in [0.29, 0.717) is 72.4 Å². The normalized spacial score (nSPS) is 15.5. The Morgan fingerprint density at radius 1 is 0.800 bits per heavy atom. The number of carbonyl (C=O) groups is 1. The van der Waals surface area contributed by atoms with Crippen molar-refractivity contribution in [1.29, 1.82) is 0 Å².